The number of esters is 1. The Bertz CT molecular complexity index is 989. The first-order valence-electron chi connectivity index (χ1n) is 11.7. The number of aromatic nitrogens is 2. The molecule has 0 radical (unpaired) electrons. The van der Waals surface area contributed by atoms with E-state index < -0.39 is 58.4 Å². The maximum atomic E-state index is 12.7. The number of nitrogens with zero attached hydrogens (tertiary/aromatic N) is 1. The van der Waals surface area contributed by atoms with Crippen LogP contribution >= 0.6 is 0 Å². The van der Waals surface area contributed by atoms with Crippen molar-refractivity contribution in [2.45, 2.75) is 109 Å². The van der Waals surface area contributed by atoms with E-state index in [0.717, 1.165) is 0 Å². The number of hydrogen-bond donors (Lipinski definition) is 1. The lowest BCUT2D eigenvalue weighted by Crippen LogP contribution is -2.51. The van der Waals surface area contributed by atoms with Crippen LogP contribution in [0.3, 0.4) is 0 Å². The van der Waals surface area contributed by atoms with E-state index >= 15 is 0 Å². The minimum absolute atomic E-state index is 0.0190. The number of carbonyl (C=O) groups is 1. The first kappa shape index (κ1) is 28.7. The summed E-state index contributed by atoms with van der Waals surface area (Å²) in [5.41, 5.74) is -1.12. The maximum Gasteiger partial charge on any atom is 0.330 e. The van der Waals surface area contributed by atoms with Crippen LogP contribution < -0.4 is 11.2 Å². The van der Waals surface area contributed by atoms with Crippen LogP contribution in [0.1, 0.15) is 54.7 Å². The molecule has 1 aliphatic rings. The number of H-pyrrole nitrogens is 1. The van der Waals surface area contributed by atoms with Gasteiger partial charge in [-0.1, -0.05) is 41.5 Å². The zero-order valence-corrected chi connectivity index (χ0v) is 24.5. The Morgan fingerprint density at radius 3 is 2.06 bits per heavy atom. The van der Waals surface area contributed by atoms with Crippen molar-refractivity contribution in [3.8, 4) is 0 Å². The van der Waals surface area contributed by atoms with Crippen molar-refractivity contribution >= 4 is 22.6 Å². The number of carbonyl (C=O) groups excluding carboxylic acids is 1. The number of aromatic amines is 1. The molecule has 0 amide bonds. The molecule has 0 aliphatic carbocycles. The van der Waals surface area contributed by atoms with Crippen LogP contribution in [0, 0.1) is 0 Å². The monoisotopic (exact) mass is 514 g/mol. The van der Waals surface area contributed by atoms with Gasteiger partial charge in [0.1, 0.15) is 12.2 Å². The molecule has 4 unspecified atom stereocenters. The highest BCUT2D eigenvalue weighted by atomic mass is 28.4. The van der Waals surface area contributed by atoms with E-state index in [1.54, 1.807) is 0 Å². The highest BCUT2D eigenvalue weighted by Crippen LogP contribution is 2.43. The summed E-state index contributed by atoms with van der Waals surface area (Å²) in [4.78, 5) is 38.7. The molecule has 0 aromatic carbocycles. The average molecular weight is 515 g/mol. The van der Waals surface area contributed by atoms with Crippen LogP contribution in [0.2, 0.25) is 36.3 Å². The van der Waals surface area contributed by atoms with Gasteiger partial charge < -0.3 is 18.3 Å². The van der Waals surface area contributed by atoms with Gasteiger partial charge in [-0.2, -0.15) is 0 Å². The van der Waals surface area contributed by atoms with Gasteiger partial charge in [0.25, 0.3) is 5.56 Å². The third-order valence-electron chi connectivity index (χ3n) is 7.36. The van der Waals surface area contributed by atoms with Crippen LogP contribution in [0.4, 0.5) is 0 Å². The Kier molecular flexibility index (Phi) is 8.31. The molecule has 34 heavy (non-hydrogen) atoms. The molecule has 1 aliphatic heterocycles. The second-order valence-electron chi connectivity index (χ2n) is 12.1. The summed E-state index contributed by atoms with van der Waals surface area (Å²) in [6.45, 7) is 22.7. The third-order valence-corrected chi connectivity index (χ3v) is 16.3. The lowest BCUT2D eigenvalue weighted by molar-refractivity contribution is -0.153. The van der Waals surface area contributed by atoms with Crippen LogP contribution in [-0.2, 0) is 23.1 Å². The number of ether oxygens (including phenoxy) is 2. The first-order valence-corrected chi connectivity index (χ1v) is 17.5. The van der Waals surface area contributed by atoms with Crippen LogP contribution in [0.5, 0.6) is 0 Å². The average Bonchev–Trinajstić information content (AvgIpc) is 2.94. The molecule has 1 saturated heterocycles. The second-order valence-corrected chi connectivity index (χ2v) is 21.6. The minimum Gasteiger partial charge on any atom is -0.457 e. The molecule has 0 saturated carbocycles. The van der Waals surface area contributed by atoms with Gasteiger partial charge in [0.15, 0.2) is 29.0 Å². The van der Waals surface area contributed by atoms with Gasteiger partial charge in [-0.3, -0.25) is 19.1 Å². The summed E-state index contributed by atoms with van der Waals surface area (Å²) in [5, 5.41) is -0.154. The van der Waals surface area contributed by atoms with Crippen molar-refractivity contribution in [3.63, 3.8) is 0 Å². The quantitative estimate of drug-likeness (QED) is 0.436. The molecule has 1 N–H and O–H groups in total. The van der Waals surface area contributed by atoms with E-state index in [1.807, 2.05) is 0 Å². The van der Waals surface area contributed by atoms with E-state index in [4.69, 9.17) is 18.3 Å². The Hall–Kier alpha value is -1.54. The van der Waals surface area contributed by atoms with Crippen molar-refractivity contribution < 1.29 is 23.1 Å². The fourth-order valence-corrected chi connectivity index (χ4v) is 5.48. The normalized spacial score (nSPS) is 24.3. The van der Waals surface area contributed by atoms with Gasteiger partial charge in [-0.05, 0) is 36.3 Å². The summed E-state index contributed by atoms with van der Waals surface area (Å²) in [6.07, 6.45) is -1.68. The maximum absolute atomic E-state index is 12.7. The second kappa shape index (κ2) is 9.84. The van der Waals surface area contributed by atoms with Crippen molar-refractivity contribution in [2.24, 2.45) is 0 Å². The Morgan fingerprint density at radius 2 is 1.59 bits per heavy atom. The topological polar surface area (TPSA) is 109 Å². The van der Waals surface area contributed by atoms with Gasteiger partial charge >= 0.3 is 11.7 Å². The van der Waals surface area contributed by atoms with E-state index in [9.17, 15) is 14.4 Å². The molecule has 0 bridgehead atoms. The van der Waals surface area contributed by atoms with Gasteiger partial charge in [0.05, 0.1) is 6.61 Å². The molecule has 2 rings (SSSR count). The smallest absolute Gasteiger partial charge is 0.330 e. The van der Waals surface area contributed by atoms with Crippen LogP contribution in [0.25, 0.3) is 0 Å². The Morgan fingerprint density at radius 1 is 1.03 bits per heavy atom. The van der Waals surface area contributed by atoms with Crippen LogP contribution in [-0.4, -0.2) is 57.1 Å². The number of hydrogen-bond acceptors (Lipinski definition) is 7. The third kappa shape index (κ3) is 6.36. The molecular formula is C23H42N2O7Si2. The predicted molar refractivity (Wildman–Crippen MR) is 136 cm³/mol. The van der Waals surface area contributed by atoms with Gasteiger partial charge in [-0.25, -0.2) is 4.79 Å². The molecule has 1 aromatic rings. The SMILES string of the molecule is CC(=O)OC1C(CO[Si](C)(C)C(C)(C)C)OC(n2ccc(=O)[nH]c2=O)C1O[Si](C)(C)C(C)(C)C. The van der Waals surface area contributed by atoms with E-state index in [0.29, 0.717) is 0 Å². The summed E-state index contributed by atoms with van der Waals surface area (Å²) < 4.78 is 26.5. The summed E-state index contributed by atoms with van der Waals surface area (Å²) in [6, 6.07) is 1.26. The van der Waals surface area contributed by atoms with Crippen molar-refractivity contribution in [1.29, 1.82) is 0 Å². The van der Waals surface area contributed by atoms with Gasteiger partial charge in [0, 0.05) is 19.2 Å². The summed E-state index contributed by atoms with van der Waals surface area (Å²) in [7, 11) is -4.50. The van der Waals surface area contributed by atoms with Crippen molar-refractivity contribution in [1.82, 2.24) is 9.55 Å². The number of nitrogens with one attached hydrogen (secondary N) is 1. The molecule has 0 spiro atoms. The molecule has 1 aromatic heterocycles. The highest BCUT2D eigenvalue weighted by Gasteiger charge is 2.53. The first-order chi connectivity index (χ1) is 15.3. The molecule has 2 heterocycles. The van der Waals surface area contributed by atoms with Crippen molar-refractivity contribution in [2.75, 3.05) is 6.61 Å². The van der Waals surface area contributed by atoms with Gasteiger partial charge in [0.2, 0.25) is 0 Å². The lowest BCUT2D eigenvalue weighted by Gasteiger charge is -2.40. The van der Waals surface area contributed by atoms with Gasteiger partial charge in [-0.15, -0.1) is 0 Å². The molecule has 11 heteroatoms. The molecule has 9 nitrogen and oxygen atoms in total. The molecule has 4 atom stereocenters. The molecular weight excluding hydrogens is 472 g/mol. The number of rotatable bonds is 7. The summed E-state index contributed by atoms with van der Waals surface area (Å²) >= 11 is 0. The van der Waals surface area contributed by atoms with E-state index in [1.165, 1.54) is 23.8 Å². The fraction of sp³-hybridized carbons (Fsp3) is 0.783. The molecule has 1 fully saturated rings. The Balaban J connectivity index is 2.52. The molecule has 194 valence electrons. The zero-order chi connectivity index (χ0) is 26.3. The Labute approximate surface area is 204 Å². The minimum atomic E-state index is -2.38. The van der Waals surface area contributed by atoms with E-state index in [-0.39, 0.29) is 16.7 Å². The zero-order valence-electron chi connectivity index (χ0n) is 22.5. The van der Waals surface area contributed by atoms with Crippen LogP contribution in [0.15, 0.2) is 21.9 Å². The van der Waals surface area contributed by atoms with Crippen molar-refractivity contribution in [3.05, 3.63) is 33.1 Å². The fourth-order valence-electron chi connectivity index (χ4n) is 3.18. The lowest BCUT2D eigenvalue weighted by atomic mass is 10.1. The predicted octanol–water partition coefficient (Wildman–Crippen LogP) is 3.78. The standard InChI is InChI=1S/C23H42N2O7Si2/c1-15(26)30-18-16(14-29-33(8,9)22(2,3)4)31-20(25-13-12-17(27)24-21(25)28)19(18)32-34(10,11)23(5,6)7/h12-13,16,18-20H,14H2,1-11H3,(H,24,27,28). The highest BCUT2D eigenvalue weighted by molar-refractivity contribution is 6.74. The summed E-state index contributed by atoms with van der Waals surface area (Å²) in [5.74, 6) is -0.468. The van der Waals surface area contributed by atoms with E-state index in [2.05, 4.69) is 72.7 Å². The largest absolute Gasteiger partial charge is 0.457 e.